The van der Waals surface area contributed by atoms with Crippen molar-refractivity contribution < 1.29 is 14.4 Å². The van der Waals surface area contributed by atoms with Crippen molar-refractivity contribution >= 4 is 5.97 Å². The SMILES string of the molecule is Cn1oc(=O)c(C(=O)O)c1-c1ccc(C(C)(C)C)cc1. The number of hydrogen-bond donors (Lipinski definition) is 1. The van der Waals surface area contributed by atoms with Crippen LogP contribution >= 0.6 is 0 Å². The van der Waals surface area contributed by atoms with Gasteiger partial charge >= 0.3 is 11.6 Å². The van der Waals surface area contributed by atoms with Gasteiger partial charge in [0.15, 0.2) is 5.56 Å². The molecule has 1 aromatic heterocycles. The third kappa shape index (κ3) is 2.39. The third-order valence-electron chi connectivity index (χ3n) is 3.21. The highest BCUT2D eigenvalue weighted by Crippen LogP contribution is 2.27. The highest BCUT2D eigenvalue weighted by atomic mass is 16.5. The molecule has 5 heteroatoms. The lowest BCUT2D eigenvalue weighted by atomic mass is 9.86. The molecule has 0 aliphatic heterocycles. The maximum absolute atomic E-state index is 11.5. The lowest BCUT2D eigenvalue weighted by Crippen LogP contribution is -2.11. The molecule has 20 heavy (non-hydrogen) atoms. The summed E-state index contributed by atoms with van der Waals surface area (Å²) in [4.78, 5) is 22.7. The smallest absolute Gasteiger partial charge is 0.372 e. The number of rotatable bonds is 2. The van der Waals surface area contributed by atoms with E-state index in [1.165, 1.54) is 11.8 Å². The highest BCUT2D eigenvalue weighted by Gasteiger charge is 2.23. The topological polar surface area (TPSA) is 72.4 Å². The minimum atomic E-state index is -1.28. The van der Waals surface area contributed by atoms with Gasteiger partial charge in [-0.15, -0.1) is 0 Å². The van der Waals surface area contributed by atoms with Gasteiger partial charge in [-0.2, -0.15) is 0 Å². The van der Waals surface area contributed by atoms with Crippen molar-refractivity contribution in [1.82, 2.24) is 4.74 Å². The van der Waals surface area contributed by atoms with Crippen LogP contribution in [0.15, 0.2) is 33.6 Å². The maximum atomic E-state index is 11.5. The molecule has 0 fully saturated rings. The van der Waals surface area contributed by atoms with Gasteiger partial charge in [0.1, 0.15) is 5.69 Å². The second kappa shape index (κ2) is 4.67. The molecular formula is C15H17NO4. The zero-order valence-corrected chi connectivity index (χ0v) is 11.9. The Morgan fingerprint density at radius 1 is 1.20 bits per heavy atom. The van der Waals surface area contributed by atoms with Gasteiger partial charge < -0.3 is 9.63 Å². The van der Waals surface area contributed by atoms with Crippen molar-refractivity contribution in [2.24, 2.45) is 7.05 Å². The summed E-state index contributed by atoms with van der Waals surface area (Å²) in [7, 11) is 1.51. The summed E-state index contributed by atoms with van der Waals surface area (Å²) >= 11 is 0. The van der Waals surface area contributed by atoms with Crippen LogP contribution in [-0.4, -0.2) is 15.8 Å². The van der Waals surface area contributed by atoms with Gasteiger partial charge in [-0.3, -0.25) is 0 Å². The van der Waals surface area contributed by atoms with Crippen LogP contribution in [0, 0.1) is 0 Å². The van der Waals surface area contributed by atoms with Crippen molar-refractivity contribution in [2.75, 3.05) is 0 Å². The van der Waals surface area contributed by atoms with E-state index in [-0.39, 0.29) is 16.7 Å². The first-order chi connectivity index (χ1) is 9.21. The zero-order valence-electron chi connectivity index (χ0n) is 11.9. The predicted octanol–water partition coefficient (Wildman–Crippen LogP) is 2.64. The molecular weight excluding hydrogens is 258 g/mol. The summed E-state index contributed by atoms with van der Waals surface area (Å²) in [6.07, 6.45) is 0. The monoisotopic (exact) mass is 275 g/mol. The number of hydrogen-bond acceptors (Lipinski definition) is 3. The van der Waals surface area contributed by atoms with E-state index in [0.29, 0.717) is 5.56 Å². The van der Waals surface area contributed by atoms with Gasteiger partial charge in [0, 0.05) is 12.6 Å². The highest BCUT2D eigenvalue weighted by molar-refractivity contribution is 5.94. The Labute approximate surface area is 116 Å². The van der Waals surface area contributed by atoms with Crippen molar-refractivity contribution in [3.63, 3.8) is 0 Å². The fourth-order valence-electron chi connectivity index (χ4n) is 2.11. The quantitative estimate of drug-likeness (QED) is 0.914. The van der Waals surface area contributed by atoms with Crippen molar-refractivity contribution in [1.29, 1.82) is 0 Å². The summed E-state index contributed by atoms with van der Waals surface area (Å²) in [6, 6.07) is 7.46. The van der Waals surface area contributed by atoms with E-state index < -0.39 is 11.6 Å². The Morgan fingerprint density at radius 2 is 1.75 bits per heavy atom. The standard InChI is InChI=1S/C15H17NO4/c1-15(2,3)10-7-5-9(6-8-10)12-11(13(17)18)14(19)20-16(12)4/h5-8H,1-4H3,(H,17,18). The van der Waals surface area contributed by atoms with Gasteiger partial charge in [0.05, 0.1) is 0 Å². The number of nitrogens with zero attached hydrogens (tertiary/aromatic N) is 1. The summed E-state index contributed by atoms with van der Waals surface area (Å²) in [5.74, 6) is -1.28. The number of aromatic nitrogens is 1. The Hall–Kier alpha value is -2.30. The fraction of sp³-hybridized carbons (Fsp3) is 0.333. The molecule has 0 saturated carbocycles. The largest absolute Gasteiger partial charge is 0.477 e. The molecule has 0 atom stereocenters. The molecule has 1 aromatic carbocycles. The number of carboxylic acids is 1. The Morgan fingerprint density at radius 3 is 2.20 bits per heavy atom. The van der Waals surface area contributed by atoms with E-state index >= 15 is 0 Å². The van der Waals surface area contributed by atoms with E-state index in [1.54, 1.807) is 12.1 Å². The Kier molecular flexibility index (Phi) is 3.29. The van der Waals surface area contributed by atoms with E-state index in [1.807, 2.05) is 12.1 Å². The normalized spacial score (nSPS) is 11.6. The average Bonchev–Trinajstić information content (AvgIpc) is 2.63. The van der Waals surface area contributed by atoms with Crippen LogP contribution in [0.3, 0.4) is 0 Å². The van der Waals surface area contributed by atoms with Crippen LogP contribution < -0.4 is 5.63 Å². The van der Waals surface area contributed by atoms with Crippen LogP contribution in [-0.2, 0) is 12.5 Å². The van der Waals surface area contributed by atoms with Crippen LogP contribution in [0.1, 0.15) is 36.7 Å². The van der Waals surface area contributed by atoms with E-state index in [2.05, 4.69) is 20.8 Å². The first kappa shape index (κ1) is 14.1. The third-order valence-corrected chi connectivity index (χ3v) is 3.21. The molecule has 5 nitrogen and oxygen atoms in total. The van der Waals surface area contributed by atoms with Crippen LogP contribution in [0.4, 0.5) is 0 Å². The zero-order chi connectivity index (χ0) is 15.1. The van der Waals surface area contributed by atoms with Crippen molar-refractivity contribution in [3.8, 4) is 11.3 Å². The van der Waals surface area contributed by atoms with Crippen LogP contribution in [0.5, 0.6) is 0 Å². The van der Waals surface area contributed by atoms with Crippen molar-refractivity contribution in [2.45, 2.75) is 26.2 Å². The molecule has 0 amide bonds. The summed E-state index contributed by atoms with van der Waals surface area (Å²) in [6.45, 7) is 6.29. The molecule has 0 saturated heterocycles. The lowest BCUT2D eigenvalue weighted by Gasteiger charge is -2.19. The van der Waals surface area contributed by atoms with Gasteiger partial charge in [0.25, 0.3) is 0 Å². The average molecular weight is 275 g/mol. The summed E-state index contributed by atoms with van der Waals surface area (Å²) < 4.78 is 6.03. The Bertz CT molecular complexity index is 699. The number of aryl methyl sites for hydroxylation is 1. The van der Waals surface area contributed by atoms with Crippen LogP contribution in [0.2, 0.25) is 0 Å². The molecule has 1 heterocycles. The predicted molar refractivity (Wildman–Crippen MR) is 75.0 cm³/mol. The molecule has 0 aliphatic rings. The molecule has 0 spiro atoms. The van der Waals surface area contributed by atoms with Gasteiger partial charge in [0.2, 0.25) is 0 Å². The molecule has 1 N–H and O–H groups in total. The second-order valence-corrected chi connectivity index (χ2v) is 5.73. The number of carboxylic acid groups (broad SMARTS) is 1. The minimum Gasteiger partial charge on any atom is -0.477 e. The molecule has 0 unspecified atom stereocenters. The molecule has 106 valence electrons. The number of aromatic carboxylic acids is 1. The van der Waals surface area contributed by atoms with Crippen molar-refractivity contribution in [3.05, 3.63) is 45.8 Å². The van der Waals surface area contributed by atoms with Gasteiger partial charge in [-0.1, -0.05) is 45.0 Å². The fourth-order valence-corrected chi connectivity index (χ4v) is 2.11. The Balaban J connectivity index is 2.58. The molecule has 2 rings (SSSR count). The second-order valence-electron chi connectivity index (χ2n) is 5.73. The molecule has 2 aromatic rings. The first-order valence-electron chi connectivity index (χ1n) is 6.26. The number of carbonyl (C=O) groups is 1. The summed E-state index contributed by atoms with van der Waals surface area (Å²) in [5, 5.41) is 9.13. The van der Waals surface area contributed by atoms with Gasteiger partial charge in [-0.05, 0) is 11.0 Å². The molecule has 0 radical (unpaired) electrons. The minimum absolute atomic E-state index is 0.0104. The van der Waals surface area contributed by atoms with Gasteiger partial charge in [-0.25, -0.2) is 14.3 Å². The van der Waals surface area contributed by atoms with E-state index in [0.717, 1.165) is 5.56 Å². The molecule has 0 bridgehead atoms. The maximum Gasteiger partial charge on any atom is 0.372 e. The number of benzene rings is 1. The van der Waals surface area contributed by atoms with E-state index in [4.69, 9.17) is 9.63 Å². The van der Waals surface area contributed by atoms with E-state index in [9.17, 15) is 9.59 Å². The van der Waals surface area contributed by atoms with Crippen LogP contribution in [0.25, 0.3) is 11.3 Å². The molecule has 0 aliphatic carbocycles. The summed E-state index contributed by atoms with van der Waals surface area (Å²) in [5.41, 5.74) is 0.889. The first-order valence-corrected chi connectivity index (χ1v) is 6.26. The lowest BCUT2D eigenvalue weighted by molar-refractivity contribution is 0.0695.